The lowest BCUT2D eigenvalue weighted by atomic mass is 10.2. The number of fused-ring (bicyclic) bond motifs is 1. The zero-order valence-corrected chi connectivity index (χ0v) is 36.9. The lowest BCUT2D eigenvalue weighted by molar-refractivity contribution is 0.0103. The van der Waals surface area contributed by atoms with Crippen molar-refractivity contribution in [1.29, 1.82) is 0 Å². The van der Waals surface area contributed by atoms with Gasteiger partial charge in [0, 0.05) is 12.7 Å². The van der Waals surface area contributed by atoms with E-state index in [2.05, 4.69) is 10.3 Å². The SMILES string of the molecule is Cn1c(C(=O)Nc2cccc(COc3ccc(CN(C(=O)OC(C)(C)C)C(=NC(=O)OC(C)(C)C)N(C(=O)OC(C)(C)C)C(=O)OC(C)(C)C)cc3)c2)cc2sccc21. The molecule has 318 valence electrons. The van der Waals surface area contributed by atoms with Crippen molar-refractivity contribution in [3.63, 3.8) is 0 Å². The molecule has 0 spiro atoms. The minimum atomic E-state index is -1.27. The van der Waals surface area contributed by atoms with Crippen LogP contribution in [0, 0.1) is 0 Å². The van der Waals surface area contributed by atoms with E-state index in [1.54, 1.807) is 125 Å². The van der Waals surface area contributed by atoms with Crippen molar-refractivity contribution in [2.45, 2.75) is 119 Å². The molecule has 4 rings (SSSR count). The summed E-state index contributed by atoms with van der Waals surface area (Å²) in [4.78, 5) is 73.3. The first-order valence-electron chi connectivity index (χ1n) is 18.9. The first-order valence-corrected chi connectivity index (χ1v) is 19.8. The fourth-order valence-electron chi connectivity index (χ4n) is 5.23. The smallest absolute Gasteiger partial charge is 0.437 e. The highest BCUT2D eigenvalue weighted by atomic mass is 32.1. The molecule has 5 amide bonds. The molecule has 1 N–H and O–H groups in total. The van der Waals surface area contributed by atoms with E-state index in [9.17, 15) is 24.0 Å². The molecule has 0 bridgehead atoms. The molecule has 0 saturated heterocycles. The molecule has 59 heavy (non-hydrogen) atoms. The maximum absolute atomic E-state index is 14.0. The van der Waals surface area contributed by atoms with Gasteiger partial charge in [-0.3, -0.25) is 4.79 Å². The van der Waals surface area contributed by atoms with Crippen molar-refractivity contribution >= 4 is 63.5 Å². The molecule has 4 aromatic rings. The Kier molecular flexibility index (Phi) is 13.9. The third-order valence-electron chi connectivity index (χ3n) is 7.54. The van der Waals surface area contributed by atoms with Crippen LogP contribution in [0.3, 0.4) is 0 Å². The number of nitrogens with one attached hydrogen (secondary N) is 1. The average Bonchev–Trinajstić information content (AvgIpc) is 3.66. The standard InChI is InChI=1S/C43H55N5O10S/c1-40(2,3)55-36(50)45-35(48(38(52)57-42(7,8)9)39(53)58-43(10,11)12)47(37(51)56-41(4,5)6)25-27-17-19-30(20-18-27)54-26-28-15-14-16-29(23-28)44-34(49)32-24-33-31(46(32)13)21-22-59-33/h14-24H,25-26H2,1-13H3,(H,44,49). The maximum atomic E-state index is 14.0. The van der Waals surface area contributed by atoms with E-state index in [0.717, 1.165) is 20.7 Å². The Hall–Kier alpha value is -5.90. The first-order chi connectivity index (χ1) is 27.2. The Balaban J connectivity index is 1.63. The van der Waals surface area contributed by atoms with Crippen LogP contribution in [0.1, 0.15) is 105 Å². The van der Waals surface area contributed by atoms with Crippen LogP contribution in [-0.4, -0.2) is 73.0 Å². The number of ether oxygens (including phenoxy) is 5. The minimum Gasteiger partial charge on any atom is -0.489 e. The molecule has 0 atom stereocenters. The van der Waals surface area contributed by atoms with E-state index in [1.807, 2.05) is 47.3 Å². The largest absolute Gasteiger partial charge is 0.489 e. The predicted molar refractivity (Wildman–Crippen MR) is 226 cm³/mol. The van der Waals surface area contributed by atoms with E-state index in [1.165, 1.54) is 0 Å². The van der Waals surface area contributed by atoms with Crippen LogP contribution in [0.4, 0.5) is 24.9 Å². The Labute approximate surface area is 349 Å². The van der Waals surface area contributed by atoms with Crippen LogP contribution in [0.2, 0.25) is 0 Å². The van der Waals surface area contributed by atoms with Gasteiger partial charge >= 0.3 is 24.4 Å². The second kappa shape index (κ2) is 17.9. The molecule has 0 aliphatic carbocycles. The number of aryl methyl sites for hydroxylation is 1. The molecule has 0 saturated carbocycles. The van der Waals surface area contributed by atoms with Gasteiger partial charge in [-0.15, -0.1) is 21.2 Å². The highest BCUT2D eigenvalue weighted by Gasteiger charge is 2.41. The molecule has 2 aromatic heterocycles. The van der Waals surface area contributed by atoms with E-state index in [-0.39, 0.29) is 19.1 Å². The minimum absolute atomic E-state index is 0.167. The number of aromatic nitrogens is 1. The van der Waals surface area contributed by atoms with E-state index >= 15 is 0 Å². The number of carbonyl (C=O) groups is 5. The third-order valence-corrected chi connectivity index (χ3v) is 8.40. The number of aliphatic imine (C=N–C) groups is 1. The Morgan fingerprint density at radius 3 is 1.80 bits per heavy atom. The lowest BCUT2D eigenvalue weighted by Crippen LogP contribution is -2.55. The summed E-state index contributed by atoms with van der Waals surface area (Å²) in [6, 6.07) is 17.8. The molecule has 0 radical (unpaired) electrons. The third kappa shape index (κ3) is 13.9. The van der Waals surface area contributed by atoms with Crippen molar-refractivity contribution in [2.24, 2.45) is 12.0 Å². The van der Waals surface area contributed by atoms with Gasteiger partial charge < -0.3 is 33.6 Å². The number of benzene rings is 2. The highest BCUT2D eigenvalue weighted by molar-refractivity contribution is 7.17. The summed E-state index contributed by atoms with van der Waals surface area (Å²) in [7, 11) is 1.86. The normalized spacial score (nSPS) is 12.4. The van der Waals surface area contributed by atoms with Crippen LogP contribution in [-0.2, 0) is 39.1 Å². The van der Waals surface area contributed by atoms with Crippen LogP contribution in [0.25, 0.3) is 10.2 Å². The summed E-state index contributed by atoms with van der Waals surface area (Å²) >= 11 is 1.57. The maximum Gasteiger partial charge on any atom is 0.437 e. The van der Waals surface area contributed by atoms with Crippen LogP contribution < -0.4 is 10.1 Å². The van der Waals surface area contributed by atoms with Crippen molar-refractivity contribution in [3.8, 4) is 5.75 Å². The number of anilines is 1. The second-order valence-electron chi connectivity index (χ2n) is 17.6. The van der Waals surface area contributed by atoms with Gasteiger partial charge in [0.05, 0.1) is 16.8 Å². The summed E-state index contributed by atoms with van der Waals surface area (Å²) in [5.41, 5.74) is -0.907. The van der Waals surface area contributed by atoms with Gasteiger partial charge in [-0.05, 0) is 136 Å². The zero-order valence-electron chi connectivity index (χ0n) is 36.0. The molecule has 2 aromatic carbocycles. The Morgan fingerprint density at radius 1 is 0.695 bits per heavy atom. The van der Waals surface area contributed by atoms with Crippen molar-refractivity contribution in [3.05, 3.63) is 82.9 Å². The Morgan fingerprint density at radius 2 is 1.25 bits per heavy atom. The average molecular weight is 834 g/mol. The molecule has 0 aliphatic rings. The summed E-state index contributed by atoms with van der Waals surface area (Å²) in [5, 5.41) is 4.94. The van der Waals surface area contributed by atoms with Gasteiger partial charge in [-0.2, -0.15) is 0 Å². The summed E-state index contributed by atoms with van der Waals surface area (Å²) in [5.74, 6) is -0.525. The van der Waals surface area contributed by atoms with Crippen molar-refractivity contribution in [1.82, 2.24) is 14.4 Å². The van der Waals surface area contributed by atoms with E-state index in [4.69, 9.17) is 23.7 Å². The number of thiophene rings is 1. The van der Waals surface area contributed by atoms with Gasteiger partial charge in [-0.25, -0.2) is 24.1 Å². The molecular weight excluding hydrogens is 779 g/mol. The zero-order chi connectivity index (χ0) is 44.1. The van der Waals surface area contributed by atoms with Gasteiger partial charge in [0.2, 0.25) is 5.96 Å². The summed E-state index contributed by atoms with van der Waals surface area (Å²) in [6.07, 6.45) is -4.79. The molecule has 0 aliphatic heterocycles. The van der Waals surface area contributed by atoms with E-state index < -0.39 is 52.7 Å². The number of amides is 5. The van der Waals surface area contributed by atoms with Crippen molar-refractivity contribution in [2.75, 3.05) is 5.32 Å². The van der Waals surface area contributed by atoms with Gasteiger partial charge in [-0.1, -0.05) is 24.3 Å². The molecule has 0 fully saturated rings. The fraction of sp³-hybridized carbons (Fsp3) is 0.442. The molecular formula is C43H55N5O10S. The molecule has 0 unspecified atom stereocenters. The number of hydrogen-bond acceptors (Lipinski definition) is 11. The number of nitrogens with zero attached hydrogens (tertiary/aromatic N) is 4. The summed E-state index contributed by atoms with van der Waals surface area (Å²) < 4.78 is 31.2. The lowest BCUT2D eigenvalue weighted by Gasteiger charge is -2.33. The number of guanidine groups is 1. The summed E-state index contributed by atoms with van der Waals surface area (Å²) in [6.45, 7) is 19.0. The number of rotatable bonds is 7. The first kappa shape index (κ1) is 45.8. The van der Waals surface area contributed by atoms with E-state index in [0.29, 0.717) is 27.6 Å². The van der Waals surface area contributed by atoms with Crippen LogP contribution in [0.15, 0.2) is 71.0 Å². The molecule has 16 heteroatoms. The van der Waals surface area contributed by atoms with Crippen molar-refractivity contribution < 1.29 is 47.7 Å². The number of hydrogen-bond donors (Lipinski definition) is 1. The van der Waals surface area contributed by atoms with Crippen LogP contribution in [0.5, 0.6) is 5.75 Å². The number of imide groups is 1. The van der Waals surface area contributed by atoms with Gasteiger partial charge in [0.1, 0.15) is 40.5 Å². The fourth-order valence-corrected chi connectivity index (χ4v) is 6.08. The van der Waals surface area contributed by atoms with Gasteiger partial charge in [0.25, 0.3) is 5.91 Å². The van der Waals surface area contributed by atoms with Crippen LogP contribution >= 0.6 is 11.3 Å². The van der Waals surface area contributed by atoms with Gasteiger partial charge in [0.15, 0.2) is 0 Å². The second-order valence-corrected chi connectivity index (χ2v) is 18.5. The number of carbonyl (C=O) groups excluding carboxylic acids is 5. The Bertz CT molecular complexity index is 2170. The quantitative estimate of drug-likeness (QED) is 0.107. The predicted octanol–water partition coefficient (Wildman–Crippen LogP) is 10.3. The monoisotopic (exact) mass is 833 g/mol. The molecule has 2 heterocycles. The molecule has 15 nitrogen and oxygen atoms in total. The highest BCUT2D eigenvalue weighted by Crippen LogP contribution is 2.26. The topological polar surface area (TPSA) is 167 Å².